The Balaban J connectivity index is 2.02. The molecule has 0 fully saturated rings. The Bertz CT molecular complexity index is 676. The molecule has 7 nitrogen and oxygen atoms in total. The quantitative estimate of drug-likeness (QED) is 0.772. The molecule has 0 bridgehead atoms. The van der Waals surface area contributed by atoms with Crippen LogP contribution in [0.5, 0.6) is 11.5 Å². The minimum atomic E-state index is -1.18. The summed E-state index contributed by atoms with van der Waals surface area (Å²) >= 11 is 0. The number of aromatic hydroxyl groups is 1. The summed E-state index contributed by atoms with van der Waals surface area (Å²) in [6.45, 7) is 0.0115. The Hall–Kier alpha value is -2.96. The number of rotatable bonds is 5. The van der Waals surface area contributed by atoms with E-state index in [1.165, 1.54) is 31.4 Å². The van der Waals surface area contributed by atoms with Crippen LogP contribution in [0.4, 0.5) is 0 Å². The highest BCUT2D eigenvalue weighted by atomic mass is 16.5. The molecule has 0 spiro atoms. The van der Waals surface area contributed by atoms with Gasteiger partial charge in [-0.25, -0.2) is 4.79 Å². The molecule has 0 saturated heterocycles. The van der Waals surface area contributed by atoms with Gasteiger partial charge in [-0.1, -0.05) is 0 Å². The van der Waals surface area contributed by atoms with Crippen molar-refractivity contribution >= 4 is 11.9 Å². The van der Waals surface area contributed by atoms with E-state index in [4.69, 9.17) is 14.3 Å². The molecule has 21 heavy (non-hydrogen) atoms. The van der Waals surface area contributed by atoms with Crippen LogP contribution in [0, 0.1) is 0 Å². The first kappa shape index (κ1) is 14.4. The van der Waals surface area contributed by atoms with E-state index in [0.29, 0.717) is 11.5 Å². The van der Waals surface area contributed by atoms with Crippen molar-refractivity contribution in [3.63, 3.8) is 0 Å². The van der Waals surface area contributed by atoms with E-state index >= 15 is 0 Å². The zero-order valence-electron chi connectivity index (χ0n) is 11.1. The number of nitrogens with one attached hydrogen (secondary N) is 1. The van der Waals surface area contributed by atoms with Crippen molar-refractivity contribution in [2.75, 3.05) is 7.11 Å². The van der Waals surface area contributed by atoms with Crippen molar-refractivity contribution in [2.24, 2.45) is 0 Å². The molecule has 1 amide bonds. The molecule has 0 aliphatic heterocycles. The maximum Gasteiger partial charge on any atom is 0.371 e. The topological polar surface area (TPSA) is 109 Å². The minimum absolute atomic E-state index is 0.0115. The zero-order valence-corrected chi connectivity index (χ0v) is 11.1. The Kier molecular flexibility index (Phi) is 4.13. The number of hydrogen-bond donors (Lipinski definition) is 3. The third-order valence-corrected chi connectivity index (χ3v) is 2.75. The smallest absolute Gasteiger partial charge is 0.371 e. The van der Waals surface area contributed by atoms with E-state index < -0.39 is 11.9 Å². The first-order chi connectivity index (χ1) is 10.0. The predicted molar refractivity (Wildman–Crippen MR) is 71.5 cm³/mol. The van der Waals surface area contributed by atoms with Gasteiger partial charge in [0.1, 0.15) is 17.3 Å². The average Bonchev–Trinajstić information content (AvgIpc) is 2.93. The summed E-state index contributed by atoms with van der Waals surface area (Å²) in [5, 5.41) is 21.0. The van der Waals surface area contributed by atoms with Gasteiger partial charge in [0.2, 0.25) is 5.76 Å². The van der Waals surface area contributed by atoms with Crippen molar-refractivity contribution in [2.45, 2.75) is 6.54 Å². The maximum atomic E-state index is 11.9. The third-order valence-electron chi connectivity index (χ3n) is 2.75. The van der Waals surface area contributed by atoms with E-state index in [1.54, 1.807) is 6.07 Å². The molecule has 0 radical (unpaired) electrons. The van der Waals surface area contributed by atoms with Crippen LogP contribution < -0.4 is 10.1 Å². The highest BCUT2D eigenvalue weighted by Crippen LogP contribution is 2.23. The molecule has 0 aliphatic rings. The second-order valence-corrected chi connectivity index (χ2v) is 4.14. The van der Waals surface area contributed by atoms with Crippen LogP contribution in [0.2, 0.25) is 0 Å². The Morgan fingerprint density at radius 2 is 2.05 bits per heavy atom. The number of amides is 1. The van der Waals surface area contributed by atoms with Crippen LogP contribution in [-0.4, -0.2) is 29.2 Å². The van der Waals surface area contributed by atoms with Crippen LogP contribution in [0.3, 0.4) is 0 Å². The van der Waals surface area contributed by atoms with Crippen molar-refractivity contribution in [1.29, 1.82) is 0 Å². The number of phenols is 1. The molecule has 2 aromatic rings. The maximum absolute atomic E-state index is 11.9. The van der Waals surface area contributed by atoms with Gasteiger partial charge in [0.05, 0.1) is 19.2 Å². The molecule has 0 saturated carbocycles. The number of carboxylic acids is 1. The number of benzene rings is 1. The number of ether oxygens (including phenoxy) is 1. The molecule has 1 heterocycles. The molecule has 2 rings (SSSR count). The van der Waals surface area contributed by atoms with Crippen LogP contribution in [-0.2, 0) is 6.54 Å². The largest absolute Gasteiger partial charge is 0.507 e. The molecule has 1 aromatic heterocycles. The van der Waals surface area contributed by atoms with E-state index in [-0.39, 0.29) is 23.6 Å². The number of carbonyl (C=O) groups is 2. The number of carboxylic acid groups (broad SMARTS) is 1. The number of aromatic carboxylic acids is 1. The molecular formula is C14H13NO6. The van der Waals surface area contributed by atoms with Crippen molar-refractivity contribution in [3.05, 3.63) is 47.4 Å². The van der Waals surface area contributed by atoms with Crippen molar-refractivity contribution < 1.29 is 29.0 Å². The molecule has 0 atom stereocenters. The van der Waals surface area contributed by atoms with Gasteiger partial charge in [-0.2, -0.15) is 0 Å². The Morgan fingerprint density at radius 1 is 1.29 bits per heavy atom. The lowest BCUT2D eigenvalue weighted by molar-refractivity contribution is 0.0660. The molecule has 7 heteroatoms. The lowest BCUT2D eigenvalue weighted by atomic mass is 10.2. The summed E-state index contributed by atoms with van der Waals surface area (Å²) in [6.07, 6.45) is 0. The molecule has 1 aromatic carbocycles. The monoisotopic (exact) mass is 291 g/mol. The van der Waals surface area contributed by atoms with Crippen LogP contribution in [0.1, 0.15) is 26.7 Å². The summed E-state index contributed by atoms with van der Waals surface area (Å²) in [7, 11) is 1.45. The van der Waals surface area contributed by atoms with Crippen molar-refractivity contribution in [3.8, 4) is 11.5 Å². The second kappa shape index (κ2) is 6.00. The van der Waals surface area contributed by atoms with Gasteiger partial charge < -0.3 is 24.7 Å². The fraction of sp³-hybridized carbons (Fsp3) is 0.143. The van der Waals surface area contributed by atoms with Gasteiger partial charge in [0.15, 0.2) is 0 Å². The van der Waals surface area contributed by atoms with Gasteiger partial charge in [-0.05, 0) is 24.3 Å². The van der Waals surface area contributed by atoms with E-state index in [1.807, 2.05) is 0 Å². The summed E-state index contributed by atoms with van der Waals surface area (Å²) in [5.41, 5.74) is 0.0841. The number of hydrogen-bond acceptors (Lipinski definition) is 5. The highest BCUT2D eigenvalue weighted by molar-refractivity contribution is 5.96. The lowest BCUT2D eigenvalue weighted by Crippen LogP contribution is -2.22. The van der Waals surface area contributed by atoms with Crippen molar-refractivity contribution in [1.82, 2.24) is 5.32 Å². The molecule has 0 unspecified atom stereocenters. The normalized spacial score (nSPS) is 10.1. The van der Waals surface area contributed by atoms with Crippen LogP contribution >= 0.6 is 0 Å². The SMILES string of the molecule is COc1ccc(C(=O)NCc2ccc(C(=O)O)o2)c(O)c1. The summed E-state index contributed by atoms with van der Waals surface area (Å²) in [5.74, 6) is -1.37. The second-order valence-electron chi connectivity index (χ2n) is 4.14. The van der Waals surface area contributed by atoms with Crippen LogP contribution in [0.25, 0.3) is 0 Å². The standard InChI is InChI=1S/C14H13NO6/c1-20-8-2-4-10(11(16)6-8)13(17)15-7-9-3-5-12(21-9)14(18)19/h2-6,16H,7H2,1H3,(H,15,17)(H,18,19). The molecule has 0 aliphatic carbocycles. The molecular weight excluding hydrogens is 278 g/mol. The molecule has 3 N–H and O–H groups in total. The van der Waals surface area contributed by atoms with Gasteiger partial charge in [0.25, 0.3) is 5.91 Å². The third kappa shape index (κ3) is 3.33. The number of phenolic OH excluding ortho intramolecular Hbond substituents is 1. The average molecular weight is 291 g/mol. The zero-order chi connectivity index (χ0) is 15.4. The van der Waals surface area contributed by atoms with Gasteiger partial charge >= 0.3 is 5.97 Å². The Morgan fingerprint density at radius 3 is 2.62 bits per heavy atom. The fourth-order valence-corrected chi connectivity index (χ4v) is 1.68. The number of methoxy groups -OCH3 is 1. The van der Waals surface area contributed by atoms with E-state index in [9.17, 15) is 14.7 Å². The number of furan rings is 1. The summed E-state index contributed by atoms with van der Waals surface area (Å²) < 4.78 is 9.92. The van der Waals surface area contributed by atoms with Gasteiger partial charge in [-0.3, -0.25) is 4.79 Å². The first-order valence-electron chi connectivity index (χ1n) is 5.98. The molecule has 110 valence electrons. The predicted octanol–water partition coefficient (Wildman–Crippen LogP) is 1.62. The van der Waals surface area contributed by atoms with Crippen LogP contribution in [0.15, 0.2) is 34.7 Å². The van der Waals surface area contributed by atoms with E-state index in [2.05, 4.69) is 5.32 Å². The summed E-state index contributed by atoms with van der Waals surface area (Å²) in [6, 6.07) is 7.05. The van der Waals surface area contributed by atoms with E-state index in [0.717, 1.165) is 0 Å². The fourth-order valence-electron chi connectivity index (χ4n) is 1.68. The highest BCUT2D eigenvalue weighted by Gasteiger charge is 2.13. The Labute approximate surface area is 119 Å². The minimum Gasteiger partial charge on any atom is -0.507 e. The lowest BCUT2D eigenvalue weighted by Gasteiger charge is -2.07. The number of carbonyl (C=O) groups excluding carboxylic acids is 1. The first-order valence-corrected chi connectivity index (χ1v) is 5.98. The van der Waals surface area contributed by atoms with Gasteiger partial charge in [-0.15, -0.1) is 0 Å². The summed E-state index contributed by atoms with van der Waals surface area (Å²) in [4.78, 5) is 22.6. The van der Waals surface area contributed by atoms with Gasteiger partial charge in [0, 0.05) is 6.07 Å².